The van der Waals surface area contributed by atoms with E-state index in [1.165, 1.54) is 12.5 Å². The summed E-state index contributed by atoms with van der Waals surface area (Å²) in [5.41, 5.74) is 0.473. The summed E-state index contributed by atoms with van der Waals surface area (Å²) in [5.74, 6) is -1.45. The first-order chi connectivity index (χ1) is 9.65. The van der Waals surface area contributed by atoms with E-state index in [2.05, 4.69) is 10.2 Å². The maximum atomic E-state index is 14.0. The number of nitrogens with one attached hydrogen (secondary N) is 1. The van der Waals surface area contributed by atoms with Crippen molar-refractivity contribution in [2.45, 2.75) is 44.7 Å². The summed E-state index contributed by atoms with van der Waals surface area (Å²) in [5, 5.41) is 3.17. The Balaban J connectivity index is 2.16. The fourth-order valence-electron chi connectivity index (χ4n) is 3.18. The van der Waals surface area contributed by atoms with Gasteiger partial charge in [0.05, 0.1) is 0 Å². The zero-order valence-corrected chi connectivity index (χ0v) is 12.3. The average molecular weight is 282 g/mol. The lowest BCUT2D eigenvalue weighted by atomic mass is 9.95. The molecule has 0 spiro atoms. The van der Waals surface area contributed by atoms with Gasteiger partial charge in [-0.3, -0.25) is 4.90 Å². The van der Waals surface area contributed by atoms with Crippen molar-refractivity contribution in [1.82, 2.24) is 10.2 Å². The average Bonchev–Trinajstić information content (AvgIpc) is 2.47. The van der Waals surface area contributed by atoms with E-state index in [9.17, 15) is 8.78 Å². The molecule has 1 saturated heterocycles. The van der Waals surface area contributed by atoms with Gasteiger partial charge in [0.25, 0.3) is 0 Å². The monoisotopic (exact) mass is 282 g/mol. The Morgan fingerprint density at radius 2 is 2.15 bits per heavy atom. The number of hydrogen-bond acceptors (Lipinski definition) is 2. The van der Waals surface area contributed by atoms with Gasteiger partial charge in [0.15, 0.2) is 11.6 Å². The second kappa shape index (κ2) is 7.14. The Hall–Kier alpha value is -1.00. The molecule has 0 aromatic heterocycles. The van der Waals surface area contributed by atoms with Gasteiger partial charge in [0, 0.05) is 17.6 Å². The molecule has 1 heterocycles. The van der Waals surface area contributed by atoms with Crippen molar-refractivity contribution >= 4 is 0 Å². The van der Waals surface area contributed by atoms with E-state index >= 15 is 0 Å². The van der Waals surface area contributed by atoms with Crippen LogP contribution in [0.2, 0.25) is 0 Å². The SMILES string of the molecule is CNCCC1CCCCN1C(C)c1cccc(F)c1F. The number of nitrogens with zero attached hydrogens (tertiary/aromatic N) is 1. The third-order valence-electron chi connectivity index (χ3n) is 4.33. The van der Waals surface area contributed by atoms with Crippen molar-refractivity contribution in [1.29, 1.82) is 0 Å². The molecule has 20 heavy (non-hydrogen) atoms. The van der Waals surface area contributed by atoms with Crippen LogP contribution >= 0.6 is 0 Å². The molecule has 2 rings (SSSR count). The lowest BCUT2D eigenvalue weighted by molar-refractivity contribution is 0.0950. The topological polar surface area (TPSA) is 15.3 Å². The summed E-state index contributed by atoms with van der Waals surface area (Å²) in [6.07, 6.45) is 4.56. The highest BCUT2D eigenvalue weighted by Gasteiger charge is 2.28. The van der Waals surface area contributed by atoms with Crippen LogP contribution in [0.15, 0.2) is 18.2 Å². The predicted octanol–water partition coefficient (Wildman–Crippen LogP) is 3.49. The van der Waals surface area contributed by atoms with Crippen LogP contribution < -0.4 is 5.32 Å². The summed E-state index contributed by atoms with van der Waals surface area (Å²) >= 11 is 0. The van der Waals surface area contributed by atoms with Crippen molar-refractivity contribution in [2.75, 3.05) is 20.1 Å². The molecule has 2 nitrogen and oxygen atoms in total. The third kappa shape index (κ3) is 3.36. The lowest BCUT2D eigenvalue weighted by Gasteiger charge is -2.40. The van der Waals surface area contributed by atoms with Crippen molar-refractivity contribution in [3.63, 3.8) is 0 Å². The quantitative estimate of drug-likeness (QED) is 0.889. The Morgan fingerprint density at radius 3 is 2.90 bits per heavy atom. The molecule has 2 unspecified atom stereocenters. The zero-order chi connectivity index (χ0) is 14.5. The van der Waals surface area contributed by atoms with Gasteiger partial charge < -0.3 is 5.32 Å². The molecule has 1 aromatic carbocycles. The first kappa shape index (κ1) is 15.4. The summed E-state index contributed by atoms with van der Waals surface area (Å²) in [7, 11) is 1.95. The molecule has 112 valence electrons. The number of hydrogen-bond donors (Lipinski definition) is 1. The van der Waals surface area contributed by atoms with Crippen LogP contribution in [0.1, 0.15) is 44.2 Å². The van der Waals surface area contributed by atoms with Gasteiger partial charge in [-0.15, -0.1) is 0 Å². The van der Waals surface area contributed by atoms with Crippen LogP contribution in [-0.4, -0.2) is 31.1 Å². The van der Waals surface area contributed by atoms with Crippen LogP contribution in [-0.2, 0) is 0 Å². The highest BCUT2D eigenvalue weighted by Crippen LogP contribution is 2.31. The maximum Gasteiger partial charge on any atom is 0.163 e. The normalized spacial score (nSPS) is 21.9. The van der Waals surface area contributed by atoms with Gasteiger partial charge in [-0.25, -0.2) is 8.78 Å². The molecule has 2 atom stereocenters. The Morgan fingerprint density at radius 1 is 1.35 bits per heavy atom. The summed E-state index contributed by atoms with van der Waals surface area (Å²) in [4.78, 5) is 2.33. The Kier molecular flexibility index (Phi) is 5.49. The minimum absolute atomic E-state index is 0.0761. The molecular formula is C16H24F2N2. The molecule has 0 radical (unpaired) electrons. The minimum atomic E-state index is -0.752. The number of benzene rings is 1. The van der Waals surface area contributed by atoms with Crippen molar-refractivity contribution < 1.29 is 8.78 Å². The largest absolute Gasteiger partial charge is 0.320 e. The van der Waals surface area contributed by atoms with E-state index in [0.717, 1.165) is 32.4 Å². The highest BCUT2D eigenvalue weighted by molar-refractivity contribution is 5.22. The smallest absolute Gasteiger partial charge is 0.163 e. The van der Waals surface area contributed by atoms with Crippen LogP contribution in [0.25, 0.3) is 0 Å². The summed E-state index contributed by atoms with van der Waals surface area (Å²) < 4.78 is 27.4. The first-order valence-electron chi connectivity index (χ1n) is 7.49. The fraction of sp³-hybridized carbons (Fsp3) is 0.625. The Bertz CT molecular complexity index is 436. The molecule has 0 saturated carbocycles. The molecule has 4 heteroatoms. The van der Waals surface area contributed by atoms with Crippen LogP contribution in [0, 0.1) is 11.6 Å². The van der Waals surface area contributed by atoms with Gasteiger partial charge in [-0.2, -0.15) is 0 Å². The van der Waals surface area contributed by atoms with Gasteiger partial charge in [-0.05, 0) is 52.4 Å². The third-order valence-corrected chi connectivity index (χ3v) is 4.33. The Labute approximate surface area is 120 Å². The number of likely N-dealkylation sites (tertiary alicyclic amines) is 1. The van der Waals surface area contributed by atoms with Crippen molar-refractivity contribution in [3.05, 3.63) is 35.4 Å². The molecule has 1 aromatic rings. The van der Waals surface area contributed by atoms with E-state index in [-0.39, 0.29) is 6.04 Å². The van der Waals surface area contributed by atoms with E-state index in [1.807, 2.05) is 14.0 Å². The molecule has 0 amide bonds. The summed E-state index contributed by atoms with van der Waals surface area (Å²) in [6, 6.07) is 4.85. The van der Waals surface area contributed by atoms with Crippen molar-refractivity contribution in [2.24, 2.45) is 0 Å². The van der Waals surface area contributed by atoms with Crippen LogP contribution in [0.5, 0.6) is 0 Å². The number of piperidine rings is 1. The molecule has 1 aliphatic heterocycles. The van der Waals surface area contributed by atoms with E-state index in [4.69, 9.17) is 0 Å². The molecule has 1 aliphatic rings. The number of rotatable bonds is 5. The fourth-order valence-corrected chi connectivity index (χ4v) is 3.18. The summed E-state index contributed by atoms with van der Waals surface area (Å²) in [6.45, 7) is 3.90. The zero-order valence-electron chi connectivity index (χ0n) is 12.3. The second-order valence-electron chi connectivity index (χ2n) is 5.60. The maximum absolute atomic E-state index is 14.0. The number of halogens is 2. The highest BCUT2D eigenvalue weighted by atomic mass is 19.2. The lowest BCUT2D eigenvalue weighted by Crippen LogP contribution is -2.42. The first-order valence-corrected chi connectivity index (χ1v) is 7.49. The van der Waals surface area contributed by atoms with Crippen LogP contribution in [0.3, 0.4) is 0 Å². The molecule has 0 aliphatic carbocycles. The van der Waals surface area contributed by atoms with Gasteiger partial charge in [0.1, 0.15) is 0 Å². The van der Waals surface area contributed by atoms with Gasteiger partial charge >= 0.3 is 0 Å². The van der Waals surface area contributed by atoms with E-state index in [0.29, 0.717) is 11.6 Å². The van der Waals surface area contributed by atoms with Crippen molar-refractivity contribution in [3.8, 4) is 0 Å². The van der Waals surface area contributed by atoms with Crippen LogP contribution in [0.4, 0.5) is 8.78 Å². The molecule has 0 bridgehead atoms. The van der Waals surface area contributed by atoms with E-state index < -0.39 is 11.6 Å². The van der Waals surface area contributed by atoms with Gasteiger partial charge in [0.2, 0.25) is 0 Å². The minimum Gasteiger partial charge on any atom is -0.320 e. The standard InChI is InChI=1S/C16H24F2N2/c1-12(14-7-5-8-15(17)16(14)18)20-11-4-3-6-13(20)9-10-19-2/h5,7-8,12-13,19H,3-4,6,9-11H2,1-2H3. The van der Waals surface area contributed by atoms with Gasteiger partial charge in [-0.1, -0.05) is 18.6 Å². The molecular weight excluding hydrogens is 258 g/mol. The predicted molar refractivity (Wildman–Crippen MR) is 77.7 cm³/mol. The second-order valence-corrected chi connectivity index (χ2v) is 5.60. The van der Waals surface area contributed by atoms with E-state index in [1.54, 1.807) is 12.1 Å². The molecule has 1 N–H and O–H groups in total. The molecule has 1 fully saturated rings.